The van der Waals surface area contributed by atoms with Crippen LogP contribution < -0.4 is 5.73 Å². The molecular weight excluding hydrogens is 212 g/mol. The summed E-state index contributed by atoms with van der Waals surface area (Å²) in [6, 6.07) is 3.43. The second kappa shape index (κ2) is 4.00. The van der Waals surface area contributed by atoms with E-state index >= 15 is 0 Å². The first-order chi connectivity index (χ1) is 7.20. The Labute approximate surface area is 92.7 Å². The summed E-state index contributed by atoms with van der Waals surface area (Å²) in [6.07, 6.45) is 4.98. The number of rotatable bonds is 2. The van der Waals surface area contributed by atoms with Gasteiger partial charge in [0, 0.05) is 25.6 Å². The van der Waals surface area contributed by atoms with Gasteiger partial charge in [-0.25, -0.2) is 0 Å². The maximum absolute atomic E-state index is 6.09. The molecule has 0 saturated carbocycles. The Morgan fingerprint density at radius 2 is 2.20 bits per heavy atom. The summed E-state index contributed by atoms with van der Waals surface area (Å²) in [4.78, 5) is 3.92. The highest BCUT2D eigenvalue weighted by Crippen LogP contribution is 2.24. The molecule has 0 aliphatic rings. The predicted octanol–water partition coefficient (Wildman–Crippen LogP) is 1.52. The Hall–Kier alpha value is -1.39. The van der Waals surface area contributed by atoms with E-state index in [1.165, 1.54) is 0 Å². The van der Waals surface area contributed by atoms with Crippen molar-refractivity contribution in [2.45, 2.75) is 6.04 Å². The van der Waals surface area contributed by atoms with Crippen LogP contribution in [0.3, 0.4) is 0 Å². The maximum Gasteiger partial charge on any atom is 0.0738 e. The first-order valence-corrected chi connectivity index (χ1v) is 4.91. The summed E-state index contributed by atoms with van der Waals surface area (Å²) in [6.45, 7) is 0. The molecule has 0 spiro atoms. The van der Waals surface area contributed by atoms with Gasteiger partial charge in [-0.15, -0.1) is 0 Å². The summed E-state index contributed by atoms with van der Waals surface area (Å²) in [5, 5.41) is 4.65. The number of pyridine rings is 1. The van der Waals surface area contributed by atoms with Gasteiger partial charge in [0.25, 0.3) is 0 Å². The third-order valence-electron chi connectivity index (χ3n) is 2.32. The lowest BCUT2D eigenvalue weighted by Crippen LogP contribution is -2.16. The van der Waals surface area contributed by atoms with E-state index in [-0.39, 0.29) is 6.04 Å². The van der Waals surface area contributed by atoms with Crippen LogP contribution in [0.1, 0.15) is 17.3 Å². The predicted molar refractivity (Wildman–Crippen MR) is 58.5 cm³/mol. The molecule has 1 unspecified atom stereocenters. The molecule has 78 valence electrons. The highest BCUT2D eigenvalue weighted by Gasteiger charge is 2.14. The normalized spacial score (nSPS) is 12.7. The zero-order chi connectivity index (χ0) is 10.8. The molecule has 1 atom stereocenters. The fourth-order valence-corrected chi connectivity index (χ4v) is 1.72. The Balaban J connectivity index is 2.41. The molecule has 0 bridgehead atoms. The fraction of sp³-hybridized carbons (Fsp3) is 0.200. The number of nitrogens with two attached hydrogens (primary N) is 1. The third kappa shape index (κ3) is 1.86. The van der Waals surface area contributed by atoms with E-state index in [0.717, 1.165) is 11.3 Å². The smallest absolute Gasteiger partial charge is 0.0738 e. The average Bonchev–Trinajstić information content (AvgIpc) is 2.64. The van der Waals surface area contributed by atoms with Crippen LogP contribution in [0.15, 0.2) is 30.7 Å². The minimum Gasteiger partial charge on any atom is -0.319 e. The molecule has 5 heteroatoms. The highest BCUT2D eigenvalue weighted by molar-refractivity contribution is 6.31. The first kappa shape index (κ1) is 10.1. The van der Waals surface area contributed by atoms with E-state index < -0.39 is 0 Å². The minimum absolute atomic E-state index is 0.270. The van der Waals surface area contributed by atoms with Crippen molar-refractivity contribution in [2.75, 3.05) is 0 Å². The molecule has 0 radical (unpaired) electrons. The highest BCUT2D eigenvalue weighted by atomic mass is 35.5. The van der Waals surface area contributed by atoms with Gasteiger partial charge >= 0.3 is 0 Å². The monoisotopic (exact) mass is 222 g/mol. The zero-order valence-corrected chi connectivity index (χ0v) is 9.02. The lowest BCUT2D eigenvalue weighted by atomic mass is 10.1. The van der Waals surface area contributed by atoms with Crippen LogP contribution in [0, 0.1) is 0 Å². The standard InChI is InChI=1S/C10H11ClN4/c1-15-9(3-5-14-15)10(12)7-2-4-13-6-8(7)11/h2-6,10H,12H2,1H3. The van der Waals surface area contributed by atoms with Crippen molar-refractivity contribution in [1.82, 2.24) is 14.8 Å². The zero-order valence-electron chi connectivity index (χ0n) is 8.26. The van der Waals surface area contributed by atoms with Crippen molar-refractivity contribution >= 4 is 11.6 Å². The molecule has 2 aromatic heterocycles. The van der Waals surface area contributed by atoms with E-state index in [1.807, 2.05) is 19.2 Å². The van der Waals surface area contributed by atoms with Crippen LogP contribution in [-0.2, 0) is 7.05 Å². The molecule has 0 amide bonds. The number of hydrogen-bond donors (Lipinski definition) is 1. The average molecular weight is 223 g/mol. The van der Waals surface area contributed by atoms with E-state index in [4.69, 9.17) is 17.3 Å². The molecule has 0 aliphatic heterocycles. The van der Waals surface area contributed by atoms with Gasteiger partial charge in [0.1, 0.15) is 0 Å². The first-order valence-electron chi connectivity index (χ1n) is 4.53. The molecular formula is C10H11ClN4. The molecule has 15 heavy (non-hydrogen) atoms. The summed E-state index contributed by atoms with van der Waals surface area (Å²) in [5.41, 5.74) is 7.87. The summed E-state index contributed by atoms with van der Waals surface area (Å²) < 4.78 is 1.74. The Morgan fingerprint density at radius 3 is 2.80 bits per heavy atom. The number of aromatic nitrogens is 3. The van der Waals surface area contributed by atoms with Gasteiger partial charge in [0.15, 0.2) is 0 Å². The van der Waals surface area contributed by atoms with Gasteiger partial charge < -0.3 is 5.73 Å². The van der Waals surface area contributed by atoms with Crippen molar-refractivity contribution in [2.24, 2.45) is 12.8 Å². The van der Waals surface area contributed by atoms with Crippen LogP contribution in [0.2, 0.25) is 5.02 Å². The summed E-state index contributed by atoms with van der Waals surface area (Å²) >= 11 is 6.02. The molecule has 4 nitrogen and oxygen atoms in total. The number of aryl methyl sites for hydroxylation is 1. The Bertz CT molecular complexity index is 466. The van der Waals surface area contributed by atoms with Crippen LogP contribution in [0.5, 0.6) is 0 Å². The number of hydrogen-bond acceptors (Lipinski definition) is 3. The quantitative estimate of drug-likeness (QED) is 0.838. The second-order valence-corrected chi connectivity index (χ2v) is 3.66. The van der Waals surface area contributed by atoms with Crippen molar-refractivity contribution < 1.29 is 0 Å². The maximum atomic E-state index is 6.09. The molecule has 0 aromatic carbocycles. The topological polar surface area (TPSA) is 56.7 Å². The van der Waals surface area contributed by atoms with Gasteiger partial charge in [0.05, 0.1) is 16.8 Å². The van der Waals surface area contributed by atoms with E-state index in [9.17, 15) is 0 Å². The lowest BCUT2D eigenvalue weighted by molar-refractivity contribution is 0.673. The molecule has 2 rings (SSSR count). The van der Waals surface area contributed by atoms with Gasteiger partial charge in [-0.2, -0.15) is 5.10 Å². The third-order valence-corrected chi connectivity index (χ3v) is 2.63. The van der Waals surface area contributed by atoms with E-state index in [2.05, 4.69) is 10.1 Å². The summed E-state index contributed by atoms with van der Waals surface area (Å²) in [5.74, 6) is 0. The van der Waals surface area contributed by atoms with Gasteiger partial charge in [-0.05, 0) is 17.7 Å². The fourth-order valence-electron chi connectivity index (χ4n) is 1.49. The largest absolute Gasteiger partial charge is 0.319 e. The molecule has 0 fully saturated rings. The minimum atomic E-state index is -0.270. The van der Waals surface area contributed by atoms with Crippen molar-refractivity contribution in [3.8, 4) is 0 Å². The van der Waals surface area contributed by atoms with Crippen LogP contribution in [0.4, 0.5) is 0 Å². The van der Waals surface area contributed by atoms with Gasteiger partial charge in [0.2, 0.25) is 0 Å². The molecule has 2 heterocycles. The van der Waals surface area contributed by atoms with Gasteiger partial charge in [-0.3, -0.25) is 9.67 Å². The van der Waals surface area contributed by atoms with Crippen molar-refractivity contribution in [3.63, 3.8) is 0 Å². The molecule has 0 saturated heterocycles. The SMILES string of the molecule is Cn1nccc1C(N)c1ccncc1Cl. The van der Waals surface area contributed by atoms with Crippen molar-refractivity contribution in [3.05, 3.63) is 47.0 Å². The van der Waals surface area contributed by atoms with Crippen LogP contribution >= 0.6 is 11.6 Å². The molecule has 2 aromatic rings. The van der Waals surface area contributed by atoms with Crippen LogP contribution in [0.25, 0.3) is 0 Å². The van der Waals surface area contributed by atoms with E-state index in [1.54, 1.807) is 23.3 Å². The molecule has 2 N–H and O–H groups in total. The van der Waals surface area contributed by atoms with Crippen molar-refractivity contribution in [1.29, 1.82) is 0 Å². The summed E-state index contributed by atoms with van der Waals surface area (Å²) in [7, 11) is 1.85. The van der Waals surface area contributed by atoms with Gasteiger partial charge in [-0.1, -0.05) is 11.6 Å². The lowest BCUT2D eigenvalue weighted by Gasteiger charge is -2.13. The molecule has 0 aliphatic carbocycles. The second-order valence-electron chi connectivity index (χ2n) is 3.25. The Morgan fingerprint density at radius 1 is 1.40 bits per heavy atom. The number of halogens is 1. The van der Waals surface area contributed by atoms with E-state index in [0.29, 0.717) is 5.02 Å². The number of nitrogens with zero attached hydrogens (tertiary/aromatic N) is 3. The van der Waals surface area contributed by atoms with Crippen LogP contribution in [-0.4, -0.2) is 14.8 Å². The Kier molecular flexibility index (Phi) is 2.70.